The number of benzene rings is 1. The van der Waals surface area contributed by atoms with E-state index >= 15 is 0 Å². The molecule has 4 heteroatoms. The topological polar surface area (TPSA) is 25.2 Å². The van der Waals surface area contributed by atoms with E-state index in [1.165, 1.54) is 6.07 Å². The lowest BCUT2D eigenvalue weighted by Gasteiger charge is -2.04. The van der Waals surface area contributed by atoms with Crippen LogP contribution in [0.2, 0.25) is 0 Å². The van der Waals surface area contributed by atoms with E-state index in [0.29, 0.717) is 12.2 Å². The molecule has 2 rings (SSSR count). The molecule has 78 valence electrons. The van der Waals surface area contributed by atoms with Crippen molar-refractivity contribution in [3.63, 3.8) is 0 Å². The van der Waals surface area contributed by atoms with Crippen molar-refractivity contribution in [1.82, 2.24) is 0 Å². The fourth-order valence-corrected chi connectivity index (χ4v) is 1.21. The molecule has 0 aliphatic heterocycles. The summed E-state index contributed by atoms with van der Waals surface area (Å²) >= 11 is 0. The molecule has 0 aliphatic carbocycles. The van der Waals surface area contributed by atoms with E-state index in [1.54, 1.807) is 18.4 Å². The van der Waals surface area contributed by atoms with E-state index in [0.717, 1.165) is 17.9 Å². The van der Waals surface area contributed by atoms with Crippen molar-refractivity contribution in [2.45, 2.75) is 6.54 Å². The van der Waals surface area contributed by atoms with E-state index in [-0.39, 0.29) is 0 Å². The van der Waals surface area contributed by atoms with Crippen molar-refractivity contribution in [2.75, 3.05) is 5.32 Å². The van der Waals surface area contributed by atoms with Gasteiger partial charge in [0.2, 0.25) is 0 Å². The second-order valence-electron chi connectivity index (χ2n) is 3.06. The van der Waals surface area contributed by atoms with Crippen LogP contribution in [-0.4, -0.2) is 0 Å². The quantitative estimate of drug-likeness (QED) is 0.839. The smallest absolute Gasteiger partial charge is 0.160 e. The maximum absolute atomic E-state index is 12.8. The Morgan fingerprint density at radius 2 is 2.00 bits per heavy atom. The van der Waals surface area contributed by atoms with Gasteiger partial charge in [-0.2, -0.15) is 0 Å². The lowest BCUT2D eigenvalue weighted by Crippen LogP contribution is -1.98. The third kappa shape index (κ3) is 2.34. The van der Waals surface area contributed by atoms with E-state index in [2.05, 4.69) is 5.32 Å². The Labute approximate surface area is 85.5 Å². The van der Waals surface area contributed by atoms with Crippen LogP contribution >= 0.6 is 0 Å². The highest BCUT2D eigenvalue weighted by Crippen LogP contribution is 2.14. The third-order valence-corrected chi connectivity index (χ3v) is 1.97. The van der Waals surface area contributed by atoms with Crippen LogP contribution < -0.4 is 5.32 Å². The zero-order valence-corrected chi connectivity index (χ0v) is 7.84. The van der Waals surface area contributed by atoms with Crippen LogP contribution in [0, 0.1) is 11.6 Å². The molecule has 0 aliphatic rings. The molecule has 0 saturated heterocycles. The van der Waals surface area contributed by atoms with E-state index < -0.39 is 11.6 Å². The molecule has 2 nitrogen and oxygen atoms in total. The zero-order valence-electron chi connectivity index (χ0n) is 7.84. The minimum absolute atomic E-state index is 0.443. The minimum atomic E-state index is -0.862. The highest BCUT2D eigenvalue weighted by Gasteiger charge is 2.02. The lowest BCUT2D eigenvalue weighted by atomic mass is 10.3. The standard InChI is InChI=1S/C11H9F2NO/c12-10-4-3-8(6-11(10)13)14-7-9-2-1-5-15-9/h1-6,14H,7H2. The first-order valence-electron chi connectivity index (χ1n) is 4.47. The van der Waals surface area contributed by atoms with Crippen LogP contribution in [0.15, 0.2) is 41.0 Å². The fourth-order valence-electron chi connectivity index (χ4n) is 1.21. The van der Waals surface area contributed by atoms with Crippen molar-refractivity contribution >= 4 is 5.69 Å². The maximum atomic E-state index is 12.8. The SMILES string of the molecule is Fc1ccc(NCc2ccco2)cc1F. The van der Waals surface area contributed by atoms with Crippen molar-refractivity contribution in [3.05, 3.63) is 54.0 Å². The number of furan rings is 1. The van der Waals surface area contributed by atoms with Crippen molar-refractivity contribution in [1.29, 1.82) is 0 Å². The molecule has 0 atom stereocenters. The summed E-state index contributed by atoms with van der Waals surface area (Å²) in [6.07, 6.45) is 1.56. The number of nitrogens with one attached hydrogen (secondary N) is 1. The monoisotopic (exact) mass is 209 g/mol. The van der Waals surface area contributed by atoms with Gasteiger partial charge in [0, 0.05) is 11.8 Å². The molecular formula is C11H9F2NO. The number of halogens is 2. The van der Waals surface area contributed by atoms with Crippen LogP contribution in [0.5, 0.6) is 0 Å². The van der Waals surface area contributed by atoms with Crippen molar-refractivity contribution < 1.29 is 13.2 Å². The molecule has 1 aromatic heterocycles. The Balaban J connectivity index is 2.02. The largest absolute Gasteiger partial charge is 0.467 e. The van der Waals surface area contributed by atoms with E-state index in [9.17, 15) is 8.78 Å². The van der Waals surface area contributed by atoms with Gasteiger partial charge in [-0.15, -0.1) is 0 Å². The predicted molar refractivity (Wildman–Crippen MR) is 52.4 cm³/mol. The summed E-state index contributed by atoms with van der Waals surface area (Å²) in [5.41, 5.74) is 0.519. The average Bonchev–Trinajstić information content (AvgIpc) is 2.73. The zero-order chi connectivity index (χ0) is 10.7. The minimum Gasteiger partial charge on any atom is -0.467 e. The van der Waals surface area contributed by atoms with Crippen LogP contribution in [0.4, 0.5) is 14.5 Å². The summed E-state index contributed by atoms with van der Waals surface area (Å²) in [6, 6.07) is 7.23. The first kappa shape index (κ1) is 9.71. The number of hydrogen-bond acceptors (Lipinski definition) is 2. The fraction of sp³-hybridized carbons (Fsp3) is 0.0909. The molecule has 1 aromatic carbocycles. The number of hydrogen-bond donors (Lipinski definition) is 1. The van der Waals surface area contributed by atoms with Gasteiger partial charge in [0.1, 0.15) is 5.76 Å². The molecule has 0 unspecified atom stereocenters. The lowest BCUT2D eigenvalue weighted by molar-refractivity contribution is 0.508. The summed E-state index contributed by atoms with van der Waals surface area (Å²) in [7, 11) is 0. The first-order chi connectivity index (χ1) is 7.25. The van der Waals surface area contributed by atoms with Crippen molar-refractivity contribution in [3.8, 4) is 0 Å². The second-order valence-corrected chi connectivity index (χ2v) is 3.06. The van der Waals surface area contributed by atoms with Crippen LogP contribution in [0.3, 0.4) is 0 Å². The Morgan fingerprint density at radius 1 is 1.13 bits per heavy atom. The Hall–Kier alpha value is -1.84. The molecule has 1 N–H and O–H groups in total. The Bertz CT molecular complexity index is 440. The van der Waals surface area contributed by atoms with Crippen molar-refractivity contribution in [2.24, 2.45) is 0 Å². The van der Waals surface area contributed by atoms with Gasteiger partial charge in [0.05, 0.1) is 12.8 Å². The van der Waals surface area contributed by atoms with E-state index in [4.69, 9.17) is 4.42 Å². The van der Waals surface area contributed by atoms with Crippen LogP contribution in [0.1, 0.15) is 5.76 Å². The van der Waals surface area contributed by atoms with Gasteiger partial charge in [0.15, 0.2) is 11.6 Å². The molecular weight excluding hydrogens is 200 g/mol. The summed E-state index contributed by atoms with van der Waals surface area (Å²) < 4.78 is 30.5. The summed E-state index contributed by atoms with van der Waals surface area (Å²) in [5.74, 6) is -0.974. The molecule has 0 fully saturated rings. The van der Waals surface area contributed by atoms with Gasteiger partial charge in [-0.25, -0.2) is 8.78 Å². The van der Waals surface area contributed by atoms with E-state index in [1.807, 2.05) is 0 Å². The summed E-state index contributed by atoms with van der Waals surface area (Å²) in [6.45, 7) is 0.443. The Morgan fingerprint density at radius 3 is 2.67 bits per heavy atom. The summed E-state index contributed by atoms with van der Waals surface area (Å²) in [4.78, 5) is 0. The van der Waals surface area contributed by atoms with Crippen LogP contribution in [0.25, 0.3) is 0 Å². The average molecular weight is 209 g/mol. The highest BCUT2D eigenvalue weighted by molar-refractivity contribution is 5.43. The van der Waals surface area contributed by atoms with Gasteiger partial charge in [-0.05, 0) is 24.3 Å². The van der Waals surface area contributed by atoms with Gasteiger partial charge in [-0.1, -0.05) is 0 Å². The molecule has 0 saturated carbocycles. The maximum Gasteiger partial charge on any atom is 0.160 e. The number of rotatable bonds is 3. The Kier molecular flexibility index (Phi) is 2.67. The van der Waals surface area contributed by atoms with Gasteiger partial charge >= 0.3 is 0 Å². The van der Waals surface area contributed by atoms with Gasteiger partial charge < -0.3 is 9.73 Å². The molecule has 15 heavy (non-hydrogen) atoms. The van der Waals surface area contributed by atoms with Gasteiger partial charge in [0.25, 0.3) is 0 Å². The normalized spacial score (nSPS) is 10.3. The molecule has 0 bridgehead atoms. The molecule has 1 heterocycles. The highest BCUT2D eigenvalue weighted by atomic mass is 19.2. The first-order valence-corrected chi connectivity index (χ1v) is 4.47. The summed E-state index contributed by atoms with van der Waals surface area (Å²) in [5, 5.41) is 2.91. The van der Waals surface area contributed by atoms with Crippen LogP contribution in [-0.2, 0) is 6.54 Å². The second kappa shape index (κ2) is 4.13. The number of anilines is 1. The third-order valence-electron chi connectivity index (χ3n) is 1.97. The predicted octanol–water partition coefficient (Wildman–Crippen LogP) is 3.17. The molecule has 0 radical (unpaired) electrons. The molecule has 2 aromatic rings. The molecule has 0 spiro atoms. The molecule has 0 amide bonds. The van der Waals surface area contributed by atoms with Gasteiger partial charge in [-0.3, -0.25) is 0 Å².